The molecule has 6 heteroatoms. The van der Waals surface area contributed by atoms with Gasteiger partial charge in [0.1, 0.15) is 0 Å². The highest BCUT2D eigenvalue weighted by molar-refractivity contribution is 5.85. The molecule has 0 aliphatic heterocycles. The van der Waals surface area contributed by atoms with Crippen LogP contribution >= 0.6 is 12.4 Å². The molecule has 98 valence electrons. The molecule has 4 N–H and O–H groups in total. The average molecular weight is 264 g/mol. The fraction of sp³-hybridized carbons (Fsp3) is 0.455. The molecule has 0 unspecified atom stereocenters. The van der Waals surface area contributed by atoms with Crippen molar-refractivity contribution < 1.29 is 19.7 Å². The van der Waals surface area contributed by atoms with Crippen molar-refractivity contribution in [1.29, 1.82) is 0 Å². The van der Waals surface area contributed by atoms with Crippen molar-refractivity contribution in [2.75, 3.05) is 20.8 Å². The van der Waals surface area contributed by atoms with Crippen LogP contribution in [-0.2, 0) is 0 Å². The molecular formula is C11H18ClNO4. The summed E-state index contributed by atoms with van der Waals surface area (Å²) in [4.78, 5) is 0. The van der Waals surface area contributed by atoms with Gasteiger partial charge in [0, 0.05) is 12.6 Å². The number of phenols is 1. The average Bonchev–Trinajstić information content (AvgIpc) is 2.29. The molecule has 1 aromatic carbocycles. The van der Waals surface area contributed by atoms with Gasteiger partial charge in [-0.3, -0.25) is 0 Å². The van der Waals surface area contributed by atoms with E-state index in [-0.39, 0.29) is 30.8 Å². The maximum atomic E-state index is 9.68. The second kappa shape index (κ2) is 7.21. The molecule has 17 heavy (non-hydrogen) atoms. The minimum Gasteiger partial charge on any atom is -0.502 e. The lowest BCUT2D eigenvalue weighted by Crippen LogP contribution is -2.12. The molecule has 0 bridgehead atoms. The fourth-order valence-electron chi connectivity index (χ4n) is 1.43. The van der Waals surface area contributed by atoms with Gasteiger partial charge in [0.2, 0.25) is 5.75 Å². The molecular weight excluding hydrogens is 246 g/mol. The van der Waals surface area contributed by atoms with Crippen molar-refractivity contribution in [2.24, 2.45) is 5.73 Å². The molecule has 0 aliphatic rings. The molecule has 0 radical (unpaired) electrons. The standard InChI is InChI=1S/C11H17NO4.ClH/c1-15-9-5-7(8(12)3-4-13)6-10(16-2)11(9)14;/h5-6,8,13-14H,3-4,12H2,1-2H3;1H/t8-;/m1./s1. The van der Waals surface area contributed by atoms with Gasteiger partial charge in [0.15, 0.2) is 11.5 Å². The molecule has 0 aromatic heterocycles. The Hall–Kier alpha value is -1.17. The number of aliphatic hydroxyl groups is 1. The van der Waals surface area contributed by atoms with Crippen LogP contribution in [0.5, 0.6) is 17.2 Å². The normalized spacial score (nSPS) is 11.5. The first kappa shape index (κ1) is 15.8. The molecule has 0 spiro atoms. The summed E-state index contributed by atoms with van der Waals surface area (Å²) in [5.41, 5.74) is 6.60. The monoisotopic (exact) mass is 263 g/mol. The zero-order valence-corrected chi connectivity index (χ0v) is 10.7. The first-order chi connectivity index (χ1) is 7.63. The zero-order chi connectivity index (χ0) is 12.1. The predicted octanol–water partition coefficient (Wildman–Crippen LogP) is 1.21. The number of ether oxygens (including phenoxy) is 2. The Morgan fingerprint density at radius 3 is 2.06 bits per heavy atom. The van der Waals surface area contributed by atoms with Crippen LogP contribution in [0.15, 0.2) is 12.1 Å². The van der Waals surface area contributed by atoms with E-state index >= 15 is 0 Å². The van der Waals surface area contributed by atoms with E-state index in [1.165, 1.54) is 14.2 Å². The smallest absolute Gasteiger partial charge is 0.200 e. The Bertz CT molecular complexity index is 334. The number of methoxy groups -OCH3 is 2. The van der Waals surface area contributed by atoms with Crippen LogP contribution in [0.1, 0.15) is 18.0 Å². The van der Waals surface area contributed by atoms with E-state index in [2.05, 4.69) is 0 Å². The first-order valence-corrected chi connectivity index (χ1v) is 4.95. The summed E-state index contributed by atoms with van der Waals surface area (Å²) in [5.74, 6) is 0.565. The third-order valence-corrected chi connectivity index (χ3v) is 2.37. The molecule has 1 aromatic rings. The van der Waals surface area contributed by atoms with Crippen LogP contribution in [0.25, 0.3) is 0 Å². The maximum absolute atomic E-state index is 9.68. The van der Waals surface area contributed by atoms with Gasteiger partial charge in [0.05, 0.1) is 14.2 Å². The molecule has 5 nitrogen and oxygen atoms in total. The fourth-order valence-corrected chi connectivity index (χ4v) is 1.43. The highest BCUT2D eigenvalue weighted by Gasteiger charge is 2.14. The number of rotatable bonds is 5. The molecule has 0 aliphatic carbocycles. The number of hydrogen-bond acceptors (Lipinski definition) is 5. The first-order valence-electron chi connectivity index (χ1n) is 4.95. The van der Waals surface area contributed by atoms with Gasteiger partial charge in [0.25, 0.3) is 0 Å². The number of halogens is 1. The third-order valence-electron chi connectivity index (χ3n) is 2.37. The molecule has 0 saturated heterocycles. The van der Waals surface area contributed by atoms with E-state index in [1.807, 2.05) is 0 Å². The maximum Gasteiger partial charge on any atom is 0.200 e. The summed E-state index contributed by atoms with van der Waals surface area (Å²) >= 11 is 0. The Morgan fingerprint density at radius 2 is 1.71 bits per heavy atom. The van der Waals surface area contributed by atoms with Crippen LogP contribution in [0.4, 0.5) is 0 Å². The highest BCUT2D eigenvalue weighted by atomic mass is 35.5. The topological polar surface area (TPSA) is 84.9 Å². The van der Waals surface area contributed by atoms with Crippen molar-refractivity contribution >= 4 is 12.4 Å². The number of phenolic OH excluding ortho intramolecular Hbond substituents is 1. The summed E-state index contributed by atoms with van der Waals surface area (Å²) in [6, 6.07) is 2.96. The molecule has 0 heterocycles. The van der Waals surface area contributed by atoms with Crippen molar-refractivity contribution in [3.63, 3.8) is 0 Å². The lowest BCUT2D eigenvalue weighted by molar-refractivity contribution is 0.276. The lowest BCUT2D eigenvalue weighted by atomic mass is 10.0. The Morgan fingerprint density at radius 1 is 1.24 bits per heavy atom. The Labute approximate surface area is 107 Å². The number of aliphatic hydroxyl groups excluding tert-OH is 1. The molecule has 1 atom stereocenters. The quantitative estimate of drug-likeness (QED) is 0.744. The van der Waals surface area contributed by atoms with Crippen LogP contribution in [0, 0.1) is 0 Å². The minimum absolute atomic E-state index is 0. The second-order valence-electron chi connectivity index (χ2n) is 3.39. The largest absolute Gasteiger partial charge is 0.502 e. The van der Waals surface area contributed by atoms with E-state index in [4.69, 9.17) is 20.3 Å². The number of hydrogen-bond donors (Lipinski definition) is 3. The van der Waals surface area contributed by atoms with Gasteiger partial charge in [-0.15, -0.1) is 12.4 Å². The van der Waals surface area contributed by atoms with Crippen LogP contribution in [0.3, 0.4) is 0 Å². The van der Waals surface area contributed by atoms with Crippen molar-refractivity contribution in [2.45, 2.75) is 12.5 Å². The molecule has 0 fully saturated rings. The van der Waals surface area contributed by atoms with E-state index in [1.54, 1.807) is 12.1 Å². The zero-order valence-electron chi connectivity index (χ0n) is 9.84. The van der Waals surface area contributed by atoms with Gasteiger partial charge >= 0.3 is 0 Å². The van der Waals surface area contributed by atoms with Crippen LogP contribution in [-0.4, -0.2) is 31.0 Å². The van der Waals surface area contributed by atoms with E-state index in [0.717, 1.165) is 5.56 Å². The third kappa shape index (κ3) is 3.66. The van der Waals surface area contributed by atoms with Crippen LogP contribution in [0.2, 0.25) is 0 Å². The SMILES string of the molecule is COc1cc([C@H](N)CCO)cc(OC)c1O.Cl. The summed E-state index contributed by atoms with van der Waals surface area (Å²) in [7, 11) is 2.91. The summed E-state index contributed by atoms with van der Waals surface area (Å²) < 4.78 is 10.0. The number of aromatic hydroxyl groups is 1. The Kier molecular flexibility index (Phi) is 6.72. The predicted molar refractivity (Wildman–Crippen MR) is 67.1 cm³/mol. The number of nitrogens with two attached hydrogens (primary N) is 1. The Balaban J connectivity index is 0.00000256. The molecule has 1 rings (SSSR count). The van der Waals surface area contributed by atoms with Gasteiger partial charge in [-0.1, -0.05) is 0 Å². The summed E-state index contributed by atoms with van der Waals surface area (Å²) in [5, 5.41) is 18.5. The van der Waals surface area contributed by atoms with Gasteiger partial charge in [-0.05, 0) is 24.1 Å². The van der Waals surface area contributed by atoms with Crippen LogP contribution < -0.4 is 15.2 Å². The number of benzene rings is 1. The van der Waals surface area contributed by atoms with E-state index in [9.17, 15) is 5.11 Å². The second-order valence-corrected chi connectivity index (χ2v) is 3.39. The van der Waals surface area contributed by atoms with E-state index < -0.39 is 0 Å². The van der Waals surface area contributed by atoms with Gasteiger partial charge in [-0.25, -0.2) is 0 Å². The lowest BCUT2D eigenvalue weighted by Gasteiger charge is -2.15. The van der Waals surface area contributed by atoms with E-state index in [0.29, 0.717) is 17.9 Å². The van der Waals surface area contributed by atoms with Crippen molar-refractivity contribution in [3.8, 4) is 17.2 Å². The highest BCUT2D eigenvalue weighted by Crippen LogP contribution is 2.38. The van der Waals surface area contributed by atoms with Crippen molar-refractivity contribution in [1.82, 2.24) is 0 Å². The molecule has 0 saturated carbocycles. The minimum atomic E-state index is -0.312. The van der Waals surface area contributed by atoms with Crippen molar-refractivity contribution in [3.05, 3.63) is 17.7 Å². The summed E-state index contributed by atoms with van der Waals surface area (Å²) in [6.07, 6.45) is 0.442. The van der Waals surface area contributed by atoms with Gasteiger partial charge < -0.3 is 25.4 Å². The molecule has 0 amide bonds. The summed E-state index contributed by atoms with van der Waals surface area (Å²) in [6.45, 7) is 0.00662. The van der Waals surface area contributed by atoms with Gasteiger partial charge in [-0.2, -0.15) is 0 Å².